The molecule has 0 spiro atoms. The van der Waals surface area contributed by atoms with E-state index in [0.29, 0.717) is 19.5 Å². The molecule has 2 rings (SSSR count). The van der Waals surface area contributed by atoms with Gasteiger partial charge in [0.05, 0.1) is 5.69 Å². The summed E-state index contributed by atoms with van der Waals surface area (Å²) in [6, 6.07) is 7.39. The zero-order valence-corrected chi connectivity index (χ0v) is 14.1. The van der Waals surface area contributed by atoms with Gasteiger partial charge in [0.2, 0.25) is 11.8 Å². The lowest BCUT2D eigenvalue weighted by Gasteiger charge is -2.19. The van der Waals surface area contributed by atoms with Gasteiger partial charge in [-0.2, -0.15) is 0 Å². The van der Waals surface area contributed by atoms with Crippen LogP contribution in [-0.4, -0.2) is 30.9 Å². The molecule has 1 aliphatic heterocycles. The molecule has 1 aromatic carbocycles. The van der Waals surface area contributed by atoms with Gasteiger partial charge in [-0.3, -0.25) is 9.59 Å². The Morgan fingerprint density at radius 3 is 2.81 bits per heavy atom. The predicted molar refractivity (Wildman–Crippen MR) is 88.5 cm³/mol. The Morgan fingerprint density at radius 2 is 2.19 bits per heavy atom. The van der Waals surface area contributed by atoms with Gasteiger partial charge in [0.15, 0.2) is 0 Å². The highest BCUT2D eigenvalue weighted by molar-refractivity contribution is 9.10. The van der Waals surface area contributed by atoms with Gasteiger partial charge in [0, 0.05) is 23.6 Å². The molecule has 1 unspecified atom stereocenters. The minimum atomic E-state index is -0.615. The fourth-order valence-electron chi connectivity index (χ4n) is 2.24. The number of hydrogen-bond acceptors (Lipinski definition) is 3. The molecule has 7 heteroatoms. The molecule has 116 valence electrons. The number of hydrogen-bond donors (Lipinski definition) is 2. The lowest BCUT2D eigenvalue weighted by atomic mass is 10.1. The molecule has 2 amide bonds. The Hall–Kier alpha value is -1.11. The SMILES string of the molecule is C[C@@H](CN)NC(=O)C1CCN(c2ccccc2Br)C1=O.Cl. The fraction of sp³-hybridized carbons (Fsp3) is 0.429. The molecule has 0 bridgehead atoms. The van der Waals surface area contributed by atoms with Gasteiger partial charge in [-0.15, -0.1) is 12.4 Å². The number of nitrogens with two attached hydrogens (primary N) is 1. The summed E-state index contributed by atoms with van der Waals surface area (Å²) in [4.78, 5) is 26.1. The van der Waals surface area contributed by atoms with Crippen molar-refractivity contribution in [3.8, 4) is 0 Å². The number of anilines is 1. The summed E-state index contributed by atoms with van der Waals surface area (Å²) in [5.41, 5.74) is 6.28. The first kappa shape index (κ1) is 17.9. The highest BCUT2D eigenvalue weighted by Crippen LogP contribution is 2.31. The third-order valence-electron chi connectivity index (χ3n) is 3.41. The maximum atomic E-state index is 12.4. The topological polar surface area (TPSA) is 75.4 Å². The van der Waals surface area contributed by atoms with Crippen LogP contribution in [0, 0.1) is 5.92 Å². The largest absolute Gasteiger partial charge is 0.352 e. The number of nitrogens with one attached hydrogen (secondary N) is 1. The average Bonchev–Trinajstić information content (AvgIpc) is 2.81. The molecule has 2 atom stereocenters. The van der Waals surface area contributed by atoms with E-state index in [1.165, 1.54) is 0 Å². The number of benzene rings is 1. The van der Waals surface area contributed by atoms with Crippen molar-refractivity contribution in [3.63, 3.8) is 0 Å². The van der Waals surface area contributed by atoms with Gasteiger partial charge in [0.25, 0.3) is 0 Å². The molecule has 1 aliphatic rings. The molecule has 0 aromatic heterocycles. The average molecular weight is 377 g/mol. The van der Waals surface area contributed by atoms with Crippen molar-refractivity contribution in [2.75, 3.05) is 18.0 Å². The van der Waals surface area contributed by atoms with Crippen LogP contribution in [0.3, 0.4) is 0 Å². The van der Waals surface area contributed by atoms with E-state index in [9.17, 15) is 9.59 Å². The summed E-state index contributed by atoms with van der Waals surface area (Å²) < 4.78 is 0.852. The van der Waals surface area contributed by atoms with Crippen molar-refractivity contribution < 1.29 is 9.59 Å². The minimum absolute atomic E-state index is 0. The molecule has 3 N–H and O–H groups in total. The van der Waals surface area contributed by atoms with E-state index in [-0.39, 0.29) is 30.3 Å². The smallest absolute Gasteiger partial charge is 0.239 e. The fourth-order valence-corrected chi connectivity index (χ4v) is 2.73. The van der Waals surface area contributed by atoms with Crippen molar-refractivity contribution in [1.29, 1.82) is 0 Å². The van der Waals surface area contributed by atoms with Crippen LogP contribution in [-0.2, 0) is 9.59 Å². The van der Waals surface area contributed by atoms with Crippen LogP contribution >= 0.6 is 28.3 Å². The van der Waals surface area contributed by atoms with Crippen LogP contribution in [0.2, 0.25) is 0 Å². The summed E-state index contributed by atoms with van der Waals surface area (Å²) in [6.07, 6.45) is 0.531. The minimum Gasteiger partial charge on any atom is -0.352 e. The number of rotatable bonds is 4. The van der Waals surface area contributed by atoms with Crippen molar-refractivity contribution in [1.82, 2.24) is 5.32 Å². The second kappa shape index (κ2) is 7.77. The van der Waals surface area contributed by atoms with Gasteiger partial charge in [-0.1, -0.05) is 12.1 Å². The molecule has 1 heterocycles. The van der Waals surface area contributed by atoms with Gasteiger partial charge in [-0.25, -0.2) is 0 Å². The van der Waals surface area contributed by atoms with E-state index in [1.54, 1.807) is 4.90 Å². The van der Waals surface area contributed by atoms with Crippen LogP contribution in [0.4, 0.5) is 5.69 Å². The first-order chi connectivity index (χ1) is 9.54. The van der Waals surface area contributed by atoms with Crippen LogP contribution in [0.5, 0.6) is 0 Å². The van der Waals surface area contributed by atoms with E-state index in [0.717, 1.165) is 10.2 Å². The normalized spacial score (nSPS) is 19.1. The highest BCUT2D eigenvalue weighted by atomic mass is 79.9. The Labute approximate surface area is 138 Å². The summed E-state index contributed by atoms with van der Waals surface area (Å²) in [5, 5.41) is 2.77. The van der Waals surface area contributed by atoms with Gasteiger partial charge < -0.3 is 16.0 Å². The lowest BCUT2D eigenvalue weighted by Crippen LogP contribution is -2.43. The van der Waals surface area contributed by atoms with Crippen molar-refractivity contribution >= 4 is 45.8 Å². The van der Waals surface area contributed by atoms with Gasteiger partial charge in [-0.05, 0) is 41.4 Å². The third kappa shape index (κ3) is 3.96. The van der Waals surface area contributed by atoms with Crippen LogP contribution in [0.15, 0.2) is 28.7 Å². The molecule has 1 saturated heterocycles. The Bertz CT molecular complexity index is 527. The van der Waals surface area contributed by atoms with E-state index in [4.69, 9.17) is 5.73 Å². The molecular weight excluding hydrogens is 358 g/mol. The van der Waals surface area contributed by atoms with E-state index < -0.39 is 5.92 Å². The Kier molecular flexibility index (Phi) is 6.64. The molecule has 0 saturated carbocycles. The summed E-state index contributed by atoms with van der Waals surface area (Å²) in [6.45, 7) is 2.74. The van der Waals surface area contributed by atoms with Crippen molar-refractivity contribution in [2.45, 2.75) is 19.4 Å². The van der Waals surface area contributed by atoms with Crippen LogP contribution < -0.4 is 16.0 Å². The summed E-state index contributed by atoms with van der Waals surface area (Å²) >= 11 is 3.43. The zero-order chi connectivity index (χ0) is 14.7. The standard InChI is InChI=1S/C14H18BrN3O2.ClH/c1-9(8-16)17-13(19)10-6-7-18(14(10)20)12-5-3-2-4-11(12)15;/h2-5,9-10H,6-8,16H2,1H3,(H,17,19);1H/t9-,10?;/m0./s1. The number of amides is 2. The summed E-state index contributed by atoms with van der Waals surface area (Å²) in [7, 11) is 0. The molecule has 21 heavy (non-hydrogen) atoms. The maximum absolute atomic E-state index is 12.4. The summed E-state index contributed by atoms with van der Waals surface area (Å²) in [5.74, 6) is -1.00. The molecule has 1 fully saturated rings. The highest BCUT2D eigenvalue weighted by Gasteiger charge is 2.38. The first-order valence-electron chi connectivity index (χ1n) is 6.61. The second-order valence-corrected chi connectivity index (χ2v) is 5.78. The van der Waals surface area contributed by atoms with E-state index >= 15 is 0 Å². The van der Waals surface area contributed by atoms with E-state index in [2.05, 4.69) is 21.2 Å². The Morgan fingerprint density at radius 1 is 1.52 bits per heavy atom. The van der Waals surface area contributed by atoms with Crippen molar-refractivity contribution in [3.05, 3.63) is 28.7 Å². The monoisotopic (exact) mass is 375 g/mol. The number of carbonyl (C=O) groups excluding carboxylic acids is 2. The number of para-hydroxylation sites is 1. The molecular formula is C14H19BrClN3O2. The van der Waals surface area contributed by atoms with Crippen molar-refractivity contribution in [2.24, 2.45) is 11.7 Å². The van der Waals surface area contributed by atoms with Crippen LogP contribution in [0.25, 0.3) is 0 Å². The molecule has 0 aliphatic carbocycles. The number of carbonyl (C=O) groups is 2. The Balaban J connectivity index is 0.00000220. The van der Waals surface area contributed by atoms with Gasteiger partial charge in [0.1, 0.15) is 5.92 Å². The quantitative estimate of drug-likeness (QED) is 0.785. The first-order valence-corrected chi connectivity index (χ1v) is 7.40. The van der Waals surface area contributed by atoms with Crippen LogP contribution in [0.1, 0.15) is 13.3 Å². The number of halogens is 2. The second-order valence-electron chi connectivity index (χ2n) is 4.93. The third-order valence-corrected chi connectivity index (χ3v) is 4.08. The number of nitrogens with zero attached hydrogens (tertiary/aromatic N) is 1. The molecule has 1 aromatic rings. The predicted octanol–water partition coefficient (Wildman–Crippen LogP) is 1.69. The maximum Gasteiger partial charge on any atom is 0.239 e. The van der Waals surface area contributed by atoms with E-state index in [1.807, 2.05) is 31.2 Å². The van der Waals surface area contributed by atoms with Gasteiger partial charge >= 0.3 is 0 Å². The molecule has 5 nitrogen and oxygen atoms in total. The molecule has 0 radical (unpaired) electrons. The zero-order valence-electron chi connectivity index (χ0n) is 11.7. The lowest BCUT2D eigenvalue weighted by molar-refractivity contribution is -0.132.